The Labute approximate surface area is 133 Å². The number of hydrogen-bond donors (Lipinski definition) is 1. The van der Waals surface area contributed by atoms with E-state index < -0.39 is 0 Å². The Hall–Kier alpha value is -1.40. The number of hydrogen-bond acceptors (Lipinski definition) is 3. The molecule has 0 spiro atoms. The van der Waals surface area contributed by atoms with Crippen molar-refractivity contribution in [2.45, 2.75) is 13.3 Å². The van der Waals surface area contributed by atoms with Crippen molar-refractivity contribution in [2.75, 3.05) is 38.0 Å². The topological polar surface area (TPSA) is 52.7 Å². The van der Waals surface area contributed by atoms with Gasteiger partial charge in [-0.2, -0.15) is 0 Å². The largest absolute Gasteiger partial charge is 0.340 e. The number of amides is 2. The number of likely N-dealkylation sites (N-methyl/N-ethyl adjacent to an activating group) is 1. The Balaban J connectivity index is 1.83. The fourth-order valence-electron chi connectivity index (χ4n) is 2.32. The van der Waals surface area contributed by atoms with Crippen molar-refractivity contribution in [3.05, 3.63) is 28.7 Å². The summed E-state index contributed by atoms with van der Waals surface area (Å²) in [6.45, 7) is 6.29. The van der Waals surface area contributed by atoms with Gasteiger partial charge in [0.2, 0.25) is 11.8 Å². The molecule has 0 saturated carbocycles. The first-order valence-electron chi connectivity index (χ1n) is 7.14. The second-order valence-electron chi connectivity index (χ2n) is 5.02. The Morgan fingerprint density at radius 1 is 1.19 bits per heavy atom. The van der Waals surface area contributed by atoms with E-state index in [9.17, 15) is 9.59 Å². The molecular formula is C15H20BrN3O2. The van der Waals surface area contributed by atoms with Gasteiger partial charge in [0.25, 0.3) is 0 Å². The third-order valence-electron chi connectivity index (χ3n) is 3.63. The molecule has 0 aromatic heterocycles. The van der Waals surface area contributed by atoms with Gasteiger partial charge in [0.1, 0.15) is 6.42 Å². The van der Waals surface area contributed by atoms with Gasteiger partial charge in [-0.1, -0.05) is 19.1 Å². The van der Waals surface area contributed by atoms with Crippen molar-refractivity contribution in [3.8, 4) is 0 Å². The lowest BCUT2D eigenvalue weighted by atomic mass is 10.2. The van der Waals surface area contributed by atoms with Crippen LogP contribution < -0.4 is 5.32 Å². The van der Waals surface area contributed by atoms with Crippen LogP contribution in [0.5, 0.6) is 0 Å². The fraction of sp³-hybridized carbons (Fsp3) is 0.467. The summed E-state index contributed by atoms with van der Waals surface area (Å²) in [6, 6.07) is 7.36. The number of rotatable bonds is 4. The monoisotopic (exact) mass is 353 g/mol. The molecule has 0 aliphatic carbocycles. The van der Waals surface area contributed by atoms with E-state index in [-0.39, 0.29) is 18.2 Å². The summed E-state index contributed by atoms with van der Waals surface area (Å²) in [5.74, 6) is -0.375. The van der Waals surface area contributed by atoms with Gasteiger partial charge in [-0.3, -0.25) is 9.59 Å². The molecule has 0 radical (unpaired) electrons. The normalized spacial score (nSPS) is 15.8. The van der Waals surface area contributed by atoms with E-state index in [1.54, 1.807) is 11.0 Å². The molecule has 0 atom stereocenters. The molecule has 1 aliphatic rings. The highest BCUT2D eigenvalue weighted by Gasteiger charge is 2.22. The van der Waals surface area contributed by atoms with Crippen LogP contribution in [0, 0.1) is 0 Å². The van der Waals surface area contributed by atoms with Crippen LogP contribution in [-0.2, 0) is 9.59 Å². The summed E-state index contributed by atoms with van der Waals surface area (Å²) in [5.41, 5.74) is 0.686. The molecule has 1 saturated heterocycles. The molecule has 1 fully saturated rings. The third kappa shape index (κ3) is 4.54. The molecule has 1 aromatic rings. The van der Waals surface area contributed by atoms with E-state index in [1.165, 1.54) is 0 Å². The van der Waals surface area contributed by atoms with E-state index in [4.69, 9.17) is 0 Å². The summed E-state index contributed by atoms with van der Waals surface area (Å²) in [7, 11) is 0. The molecule has 0 unspecified atom stereocenters. The number of carbonyl (C=O) groups excluding carboxylic acids is 2. The Bertz CT molecular complexity index is 513. The molecule has 6 heteroatoms. The number of nitrogens with zero attached hydrogens (tertiary/aromatic N) is 2. The highest BCUT2D eigenvalue weighted by molar-refractivity contribution is 9.10. The van der Waals surface area contributed by atoms with E-state index in [0.717, 1.165) is 24.1 Å². The molecular weight excluding hydrogens is 334 g/mol. The van der Waals surface area contributed by atoms with Crippen LogP contribution in [0.15, 0.2) is 28.7 Å². The summed E-state index contributed by atoms with van der Waals surface area (Å²) >= 11 is 3.37. The maximum atomic E-state index is 12.1. The number of benzene rings is 1. The molecule has 0 bridgehead atoms. The molecule has 1 N–H and O–H groups in total. The fourth-order valence-corrected chi connectivity index (χ4v) is 2.70. The predicted octanol–water partition coefficient (Wildman–Crippen LogP) is 1.94. The molecule has 1 aliphatic heterocycles. The second kappa shape index (κ2) is 7.56. The minimum Gasteiger partial charge on any atom is -0.340 e. The Kier molecular flexibility index (Phi) is 5.76. The van der Waals surface area contributed by atoms with Crippen LogP contribution in [0.2, 0.25) is 0 Å². The third-order valence-corrected chi connectivity index (χ3v) is 4.32. The van der Waals surface area contributed by atoms with Gasteiger partial charge in [0.05, 0.1) is 5.69 Å². The number of halogens is 1. The van der Waals surface area contributed by atoms with Crippen molar-refractivity contribution < 1.29 is 9.59 Å². The van der Waals surface area contributed by atoms with Crippen molar-refractivity contribution in [3.63, 3.8) is 0 Å². The van der Waals surface area contributed by atoms with Crippen LogP contribution in [0.3, 0.4) is 0 Å². The molecule has 5 nitrogen and oxygen atoms in total. The predicted molar refractivity (Wildman–Crippen MR) is 86.1 cm³/mol. The molecule has 2 rings (SSSR count). The molecule has 1 heterocycles. The first kappa shape index (κ1) is 16.0. The number of para-hydroxylation sites is 1. The quantitative estimate of drug-likeness (QED) is 0.841. The van der Waals surface area contributed by atoms with Gasteiger partial charge in [0.15, 0.2) is 0 Å². The van der Waals surface area contributed by atoms with E-state index in [1.807, 2.05) is 18.2 Å². The lowest BCUT2D eigenvalue weighted by Gasteiger charge is -2.34. The number of piperazine rings is 1. The molecule has 21 heavy (non-hydrogen) atoms. The maximum Gasteiger partial charge on any atom is 0.233 e. The summed E-state index contributed by atoms with van der Waals surface area (Å²) in [5, 5.41) is 2.76. The van der Waals surface area contributed by atoms with Crippen LogP contribution >= 0.6 is 15.9 Å². The summed E-state index contributed by atoms with van der Waals surface area (Å²) in [4.78, 5) is 28.1. The lowest BCUT2D eigenvalue weighted by Crippen LogP contribution is -2.49. The average Bonchev–Trinajstić information content (AvgIpc) is 2.49. The van der Waals surface area contributed by atoms with Gasteiger partial charge >= 0.3 is 0 Å². The highest BCUT2D eigenvalue weighted by Crippen LogP contribution is 2.21. The van der Waals surface area contributed by atoms with Gasteiger partial charge in [-0.05, 0) is 34.6 Å². The van der Waals surface area contributed by atoms with Crippen LogP contribution in [-0.4, -0.2) is 54.3 Å². The van der Waals surface area contributed by atoms with Crippen molar-refractivity contribution in [2.24, 2.45) is 0 Å². The van der Waals surface area contributed by atoms with Crippen LogP contribution in [0.1, 0.15) is 13.3 Å². The first-order chi connectivity index (χ1) is 10.1. The lowest BCUT2D eigenvalue weighted by molar-refractivity contribution is -0.136. The standard InChI is InChI=1S/C15H20BrN3O2/c1-2-18-7-9-19(10-8-18)15(21)11-14(20)17-13-6-4-3-5-12(13)16/h3-6H,2,7-11H2,1H3,(H,17,20). The molecule has 1 aromatic carbocycles. The van der Waals surface area contributed by atoms with Gasteiger partial charge < -0.3 is 15.1 Å². The van der Waals surface area contributed by atoms with Crippen molar-refractivity contribution >= 4 is 33.4 Å². The minimum atomic E-state index is -0.273. The van der Waals surface area contributed by atoms with Crippen molar-refractivity contribution in [1.82, 2.24) is 9.80 Å². The second-order valence-corrected chi connectivity index (χ2v) is 5.87. The number of anilines is 1. The number of carbonyl (C=O) groups is 2. The van der Waals surface area contributed by atoms with E-state index >= 15 is 0 Å². The molecule has 2 amide bonds. The summed E-state index contributed by atoms with van der Waals surface area (Å²) < 4.78 is 0.808. The SMILES string of the molecule is CCN1CCN(C(=O)CC(=O)Nc2ccccc2Br)CC1. The zero-order valence-corrected chi connectivity index (χ0v) is 13.7. The van der Waals surface area contributed by atoms with Gasteiger partial charge in [0, 0.05) is 30.7 Å². The Morgan fingerprint density at radius 2 is 1.86 bits per heavy atom. The van der Waals surface area contributed by atoms with Crippen molar-refractivity contribution in [1.29, 1.82) is 0 Å². The zero-order chi connectivity index (χ0) is 15.2. The van der Waals surface area contributed by atoms with Gasteiger partial charge in [-0.15, -0.1) is 0 Å². The van der Waals surface area contributed by atoms with Gasteiger partial charge in [-0.25, -0.2) is 0 Å². The van der Waals surface area contributed by atoms with E-state index in [2.05, 4.69) is 33.1 Å². The van der Waals surface area contributed by atoms with Crippen LogP contribution in [0.4, 0.5) is 5.69 Å². The maximum absolute atomic E-state index is 12.1. The minimum absolute atomic E-state index is 0.102. The molecule has 114 valence electrons. The first-order valence-corrected chi connectivity index (χ1v) is 7.94. The zero-order valence-electron chi connectivity index (χ0n) is 12.1. The highest BCUT2D eigenvalue weighted by atomic mass is 79.9. The van der Waals surface area contributed by atoms with E-state index in [0.29, 0.717) is 18.8 Å². The smallest absolute Gasteiger partial charge is 0.233 e. The number of nitrogens with one attached hydrogen (secondary N) is 1. The average molecular weight is 354 g/mol. The Morgan fingerprint density at radius 3 is 2.48 bits per heavy atom. The summed E-state index contributed by atoms with van der Waals surface area (Å²) in [6.07, 6.45) is -0.104. The van der Waals surface area contributed by atoms with Crippen LogP contribution in [0.25, 0.3) is 0 Å².